The van der Waals surface area contributed by atoms with Gasteiger partial charge >= 0.3 is 12.2 Å². The lowest BCUT2D eigenvalue weighted by atomic mass is 9.87. The third-order valence-electron chi connectivity index (χ3n) is 9.20. The average molecular weight is 685 g/mol. The second-order valence-electron chi connectivity index (χ2n) is 14.9. The van der Waals surface area contributed by atoms with Crippen molar-refractivity contribution in [1.29, 1.82) is 0 Å². The summed E-state index contributed by atoms with van der Waals surface area (Å²) in [4.78, 5) is 121. The van der Waals surface area contributed by atoms with Crippen LogP contribution in [0.3, 0.4) is 0 Å². The SMILES string of the molecule is CC(C)(C)OC(=O)N1CC[C@H]1C(=O)C1C(=O)c2ccc(C(=O)c3ccc4c(c3)C(=O)C(C(=O)[C@@H]3CCN3C(=O)OC(C)(C)C)C4=O)cc2C1=O. The predicted molar refractivity (Wildman–Crippen MR) is 173 cm³/mol. The number of nitrogens with zero attached hydrogens (tertiary/aromatic N) is 2. The van der Waals surface area contributed by atoms with E-state index >= 15 is 0 Å². The number of hydrogen-bond acceptors (Lipinski definition) is 11. The number of rotatable bonds is 6. The second-order valence-corrected chi connectivity index (χ2v) is 14.9. The van der Waals surface area contributed by atoms with E-state index in [4.69, 9.17) is 9.47 Å². The molecular formula is C37H36N2O11. The summed E-state index contributed by atoms with van der Waals surface area (Å²) >= 11 is 0. The Morgan fingerprint density at radius 2 is 0.900 bits per heavy atom. The minimum atomic E-state index is -1.66. The molecule has 2 fully saturated rings. The molecule has 13 nitrogen and oxygen atoms in total. The van der Waals surface area contributed by atoms with Crippen LogP contribution in [0.15, 0.2) is 36.4 Å². The highest BCUT2D eigenvalue weighted by Gasteiger charge is 2.52. The van der Waals surface area contributed by atoms with Gasteiger partial charge in [-0.05, 0) is 78.6 Å². The van der Waals surface area contributed by atoms with Crippen molar-refractivity contribution in [2.45, 2.75) is 77.7 Å². The van der Waals surface area contributed by atoms with Gasteiger partial charge in [-0.25, -0.2) is 9.59 Å². The Morgan fingerprint density at radius 1 is 0.560 bits per heavy atom. The highest BCUT2D eigenvalue weighted by molar-refractivity contribution is 6.38. The molecule has 2 unspecified atom stereocenters. The third-order valence-corrected chi connectivity index (χ3v) is 9.20. The van der Waals surface area contributed by atoms with Crippen molar-refractivity contribution in [3.8, 4) is 0 Å². The molecular weight excluding hydrogens is 648 g/mol. The van der Waals surface area contributed by atoms with Crippen molar-refractivity contribution >= 4 is 52.7 Å². The van der Waals surface area contributed by atoms with Crippen molar-refractivity contribution in [2.24, 2.45) is 11.8 Å². The molecule has 4 atom stereocenters. The molecule has 6 rings (SSSR count). The standard InChI is InChI=1S/C37H36N2O11/c1-36(2,3)49-34(47)38-13-11-23(38)32(45)25-28(41)19-9-7-17(15-21(19)30(25)43)27(40)18-8-10-20-22(16-18)31(44)26(29(20)42)33(46)24-12-14-39(24)35(48)50-37(4,5)6/h7-10,15-16,23-26H,11-14H2,1-6H3/t23-,24-,25?,26?/m0/s1. The first-order valence-corrected chi connectivity index (χ1v) is 16.4. The first kappa shape index (κ1) is 34.5. The number of carbonyl (C=O) groups excluding carboxylic acids is 9. The largest absolute Gasteiger partial charge is 0.444 e. The van der Waals surface area contributed by atoms with Crippen molar-refractivity contribution in [3.63, 3.8) is 0 Å². The van der Waals surface area contributed by atoms with Gasteiger partial charge in [-0.2, -0.15) is 0 Å². The summed E-state index contributed by atoms with van der Waals surface area (Å²) < 4.78 is 10.7. The smallest absolute Gasteiger partial charge is 0.410 e. The number of ether oxygens (including phenoxy) is 2. The normalized spacial score (nSPS) is 22.8. The summed E-state index contributed by atoms with van der Waals surface area (Å²) in [5.41, 5.74) is -1.92. The highest BCUT2D eigenvalue weighted by atomic mass is 16.6. The van der Waals surface area contributed by atoms with Gasteiger partial charge in [0.15, 0.2) is 40.5 Å². The van der Waals surface area contributed by atoms with Gasteiger partial charge < -0.3 is 9.47 Å². The lowest BCUT2D eigenvalue weighted by Gasteiger charge is -2.40. The fourth-order valence-electron chi connectivity index (χ4n) is 6.58. The van der Waals surface area contributed by atoms with Gasteiger partial charge in [0.05, 0.1) is 12.1 Å². The fourth-order valence-corrected chi connectivity index (χ4v) is 6.58. The molecule has 0 radical (unpaired) electrons. The zero-order valence-corrected chi connectivity index (χ0v) is 28.5. The Bertz CT molecular complexity index is 1810. The fraction of sp³-hybridized carbons (Fsp3) is 0.432. The molecule has 2 aromatic rings. The van der Waals surface area contributed by atoms with Crippen molar-refractivity contribution in [1.82, 2.24) is 9.80 Å². The zero-order valence-electron chi connectivity index (χ0n) is 28.5. The molecule has 2 saturated heterocycles. The lowest BCUT2D eigenvalue weighted by molar-refractivity contribution is -0.130. The molecule has 2 aromatic carbocycles. The van der Waals surface area contributed by atoms with E-state index in [-0.39, 0.29) is 59.3 Å². The summed E-state index contributed by atoms with van der Waals surface area (Å²) in [6.07, 6.45) is -0.906. The van der Waals surface area contributed by atoms with Crippen molar-refractivity contribution < 1.29 is 52.6 Å². The Labute approximate surface area is 287 Å². The van der Waals surface area contributed by atoms with Crippen LogP contribution in [0, 0.1) is 11.8 Å². The van der Waals surface area contributed by atoms with Crippen LogP contribution in [0.4, 0.5) is 9.59 Å². The topological polar surface area (TPSA) is 179 Å². The van der Waals surface area contributed by atoms with E-state index in [1.165, 1.54) is 46.2 Å². The maximum atomic E-state index is 13.6. The summed E-state index contributed by atoms with van der Waals surface area (Å²) in [6.45, 7) is 10.5. The molecule has 0 spiro atoms. The minimum absolute atomic E-state index is 0.0103. The Hall–Kier alpha value is -5.33. The lowest BCUT2D eigenvalue weighted by Crippen LogP contribution is -2.58. The number of ketones is 7. The van der Waals surface area contributed by atoms with Crippen molar-refractivity contribution in [3.05, 3.63) is 69.8 Å². The summed E-state index contributed by atoms with van der Waals surface area (Å²) in [5, 5.41) is 0. The minimum Gasteiger partial charge on any atom is -0.444 e. The molecule has 0 aromatic heterocycles. The number of fused-ring (bicyclic) bond motifs is 2. The first-order chi connectivity index (χ1) is 23.3. The van der Waals surface area contributed by atoms with Crippen LogP contribution in [0.1, 0.15) is 112 Å². The van der Waals surface area contributed by atoms with Crippen molar-refractivity contribution in [2.75, 3.05) is 13.1 Å². The maximum absolute atomic E-state index is 13.6. The molecule has 0 bridgehead atoms. The molecule has 50 heavy (non-hydrogen) atoms. The third kappa shape index (κ3) is 5.84. The van der Waals surface area contributed by atoms with E-state index in [0.29, 0.717) is 0 Å². The van der Waals surface area contributed by atoms with E-state index in [9.17, 15) is 43.2 Å². The predicted octanol–water partition coefficient (Wildman–Crippen LogP) is 4.07. The van der Waals surface area contributed by atoms with Crippen LogP contribution in [-0.2, 0) is 19.1 Å². The van der Waals surface area contributed by atoms with E-state index in [1.807, 2.05) is 0 Å². The number of likely N-dealkylation sites (tertiary alicyclic amines) is 2. The molecule has 4 aliphatic rings. The monoisotopic (exact) mass is 684 g/mol. The molecule has 0 N–H and O–H groups in total. The van der Waals surface area contributed by atoms with Gasteiger partial charge in [-0.15, -0.1) is 0 Å². The summed E-state index contributed by atoms with van der Waals surface area (Å²) in [5.74, 6) is -8.41. The van der Waals surface area contributed by atoms with Gasteiger partial charge in [-0.3, -0.25) is 43.4 Å². The Balaban J connectivity index is 1.18. The van der Waals surface area contributed by atoms with Crippen LogP contribution < -0.4 is 0 Å². The maximum Gasteiger partial charge on any atom is 0.410 e. The molecule has 2 amide bonds. The van der Waals surface area contributed by atoms with Crippen LogP contribution in [0.2, 0.25) is 0 Å². The van der Waals surface area contributed by atoms with E-state index in [1.54, 1.807) is 41.5 Å². The van der Waals surface area contributed by atoms with Crippen LogP contribution in [-0.4, -0.2) is 98.8 Å². The quantitative estimate of drug-likeness (QED) is 0.316. The molecule has 13 heteroatoms. The van der Waals surface area contributed by atoms with Gasteiger partial charge in [0.2, 0.25) is 0 Å². The second kappa shape index (κ2) is 11.9. The first-order valence-electron chi connectivity index (χ1n) is 16.4. The van der Waals surface area contributed by atoms with Crippen LogP contribution >= 0.6 is 0 Å². The molecule has 2 heterocycles. The molecule has 2 aliphatic heterocycles. The average Bonchev–Trinajstić information content (AvgIpc) is 3.36. The molecule has 0 saturated carbocycles. The zero-order chi connectivity index (χ0) is 36.6. The van der Waals surface area contributed by atoms with E-state index in [2.05, 4.69) is 0 Å². The molecule has 2 aliphatic carbocycles. The Morgan fingerprint density at radius 3 is 1.20 bits per heavy atom. The van der Waals surface area contributed by atoms with Gasteiger partial charge in [0, 0.05) is 46.5 Å². The number of Topliss-reactive ketones (excluding diaryl/α,β-unsaturated/α-hetero) is 6. The van der Waals surface area contributed by atoms with E-state index < -0.39 is 87.8 Å². The summed E-state index contributed by atoms with van der Waals surface area (Å²) in [7, 11) is 0. The number of carbonyl (C=O) groups is 9. The molecule has 260 valence electrons. The van der Waals surface area contributed by atoms with Crippen LogP contribution in [0.5, 0.6) is 0 Å². The number of amides is 2. The van der Waals surface area contributed by atoms with Gasteiger partial charge in [0.1, 0.15) is 23.0 Å². The van der Waals surface area contributed by atoms with Gasteiger partial charge in [0.25, 0.3) is 0 Å². The van der Waals surface area contributed by atoms with Gasteiger partial charge in [-0.1, -0.05) is 12.1 Å². The highest BCUT2D eigenvalue weighted by Crippen LogP contribution is 2.35. The van der Waals surface area contributed by atoms with E-state index in [0.717, 1.165) is 0 Å². The van der Waals surface area contributed by atoms with Crippen LogP contribution in [0.25, 0.3) is 0 Å². The summed E-state index contributed by atoms with van der Waals surface area (Å²) in [6, 6.07) is 5.66. The number of benzene rings is 2. The number of hydrogen-bond donors (Lipinski definition) is 0. The Kier molecular flexibility index (Phi) is 8.23.